The zero-order valence-electron chi connectivity index (χ0n) is 5.48. The highest BCUT2D eigenvalue weighted by Crippen LogP contribution is 2.08. The number of allylic oxidation sites excluding steroid dienone is 1. The van der Waals surface area contributed by atoms with Gasteiger partial charge in [-0.25, -0.2) is 0 Å². The minimum Gasteiger partial charge on any atom is -0.394 e. The fraction of sp³-hybridized carbons (Fsp3) is 0.667. The zero-order valence-corrected chi connectivity index (χ0v) is 6.29. The molecule has 0 aliphatic heterocycles. The molecule has 1 nitrogen and oxygen atoms in total. The van der Waals surface area contributed by atoms with Crippen molar-refractivity contribution in [2.45, 2.75) is 20.3 Å². The average molecular weight is 131 g/mol. The van der Waals surface area contributed by atoms with E-state index in [0.717, 1.165) is 10.8 Å². The highest BCUT2D eigenvalue weighted by molar-refractivity contribution is 8.02. The van der Waals surface area contributed by atoms with Crippen molar-refractivity contribution in [2.24, 2.45) is 5.73 Å². The lowest BCUT2D eigenvalue weighted by molar-refractivity contribution is 1.11. The van der Waals surface area contributed by atoms with Gasteiger partial charge in [0.15, 0.2) is 0 Å². The third-order valence-corrected chi connectivity index (χ3v) is 1.94. The Kier molecular flexibility index (Phi) is 4.97. The quantitative estimate of drug-likeness (QED) is 0.633. The standard InChI is InChI=1S/C6H13NS/c1-3-5-8-6(7)4-2/h4H,3,5,7H2,1-2H3. The van der Waals surface area contributed by atoms with Crippen LogP contribution < -0.4 is 5.73 Å². The predicted molar refractivity (Wildman–Crippen MR) is 40.7 cm³/mol. The fourth-order valence-electron chi connectivity index (χ4n) is 0.303. The topological polar surface area (TPSA) is 26.0 Å². The van der Waals surface area contributed by atoms with Gasteiger partial charge in [0, 0.05) is 0 Å². The third-order valence-electron chi connectivity index (χ3n) is 0.757. The molecule has 0 unspecified atom stereocenters. The first kappa shape index (κ1) is 7.89. The summed E-state index contributed by atoms with van der Waals surface area (Å²) in [5.74, 6) is 1.14. The molecule has 0 spiro atoms. The van der Waals surface area contributed by atoms with E-state index in [0.29, 0.717) is 0 Å². The molecule has 0 saturated heterocycles. The Morgan fingerprint density at radius 1 is 1.75 bits per heavy atom. The van der Waals surface area contributed by atoms with E-state index >= 15 is 0 Å². The molecule has 0 rings (SSSR count). The first-order valence-corrected chi connectivity index (χ1v) is 3.84. The van der Waals surface area contributed by atoms with Crippen LogP contribution in [0.4, 0.5) is 0 Å². The summed E-state index contributed by atoms with van der Waals surface area (Å²) in [4.78, 5) is 0. The molecule has 0 fully saturated rings. The Bertz CT molecular complexity index is 78.6. The molecule has 0 saturated carbocycles. The molecule has 2 heteroatoms. The second kappa shape index (κ2) is 5.04. The predicted octanol–water partition coefficient (Wildman–Crippen LogP) is 1.95. The van der Waals surface area contributed by atoms with Crippen LogP contribution in [0.1, 0.15) is 20.3 Å². The summed E-state index contributed by atoms with van der Waals surface area (Å²) in [6.45, 7) is 4.11. The number of thioether (sulfide) groups is 1. The van der Waals surface area contributed by atoms with Crippen molar-refractivity contribution in [3.8, 4) is 0 Å². The molecule has 2 N–H and O–H groups in total. The maximum absolute atomic E-state index is 5.48. The van der Waals surface area contributed by atoms with Crippen molar-refractivity contribution in [1.29, 1.82) is 0 Å². The Labute approximate surface area is 55.3 Å². The highest BCUT2D eigenvalue weighted by Gasteiger charge is 1.84. The first-order valence-electron chi connectivity index (χ1n) is 2.85. The van der Waals surface area contributed by atoms with Crippen molar-refractivity contribution in [3.05, 3.63) is 11.1 Å². The molecule has 0 aliphatic carbocycles. The second-order valence-electron chi connectivity index (χ2n) is 1.54. The summed E-state index contributed by atoms with van der Waals surface area (Å²) in [7, 11) is 0. The van der Waals surface area contributed by atoms with Gasteiger partial charge in [0.05, 0.1) is 5.03 Å². The smallest absolute Gasteiger partial charge is 0.0611 e. The minimum absolute atomic E-state index is 0.937. The summed E-state index contributed by atoms with van der Waals surface area (Å²) in [5, 5.41) is 0.937. The highest BCUT2D eigenvalue weighted by atomic mass is 32.2. The SMILES string of the molecule is CC=C(N)SCCC. The zero-order chi connectivity index (χ0) is 6.41. The lowest BCUT2D eigenvalue weighted by Crippen LogP contribution is -1.91. The first-order chi connectivity index (χ1) is 3.81. The van der Waals surface area contributed by atoms with Crippen LogP contribution in [0.5, 0.6) is 0 Å². The van der Waals surface area contributed by atoms with Gasteiger partial charge in [-0.3, -0.25) is 0 Å². The van der Waals surface area contributed by atoms with Crippen LogP contribution >= 0.6 is 11.8 Å². The maximum atomic E-state index is 5.48. The largest absolute Gasteiger partial charge is 0.394 e. The summed E-state index contributed by atoms with van der Waals surface area (Å²) in [5.41, 5.74) is 5.48. The van der Waals surface area contributed by atoms with Crippen molar-refractivity contribution >= 4 is 11.8 Å². The van der Waals surface area contributed by atoms with Crippen LogP contribution in [0.2, 0.25) is 0 Å². The molecule has 48 valence electrons. The van der Waals surface area contributed by atoms with Crippen LogP contribution in [-0.4, -0.2) is 5.75 Å². The van der Waals surface area contributed by atoms with Gasteiger partial charge in [-0.15, -0.1) is 11.8 Å². The van der Waals surface area contributed by atoms with Crippen LogP contribution in [0, 0.1) is 0 Å². The summed E-state index contributed by atoms with van der Waals surface area (Å²) in [6.07, 6.45) is 3.12. The van der Waals surface area contributed by atoms with E-state index in [1.165, 1.54) is 6.42 Å². The molecule has 0 radical (unpaired) electrons. The van der Waals surface area contributed by atoms with Crippen LogP contribution in [0.3, 0.4) is 0 Å². The van der Waals surface area contributed by atoms with Crippen molar-refractivity contribution < 1.29 is 0 Å². The van der Waals surface area contributed by atoms with Crippen LogP contribution in [-0.2, 0) is 0 Å². The molecule has 0 aromatic heterocycles. The van der Waals surface area contributed by atoms with Gasteiger partial charge in [-0.2, -0.15) is 0 Å². The molecule has 0 heterocycles. The van der Waals surface area contributed by atoms with Gasteiger partial charge < -0.3 is 5.73 Å². The average Bonchev–Trinajstić information content (AvgIpc) is 1.83. The number of hydrogen-bond donors (Lipinski definition) is 1. The molecule has 0 aromatic rings. The molecule has 0 atom stereocenters. The molecule has 8 heavy (non-hydrogen) atoms. The van der Waals surface area contributed by atoms with Gasteiger partial charge >= 0.3 is 0 Å². The van der Waals surface area contributed by atoms with E-state index < -0.39 is 0 Å². The van der Waals surface area contributed by atoms with E-state index in [-0.39, 0.29) is 0 Å². The van der Waals surface area contributed by atoms with Crippen LogP contribution in [0.15, 0.2) is 11.1 Å². The number of nitrogens with two attached hydrogens (primary N) is 1. The van der Waals surface area contributed by atoms with Gasteiger partial charge in [-0.05, 0) is 19.1 Å². The summed E-state index contributed by atoms with van der Waals surface area (Å²) >= 11 is 1.72. The molecule has 0 bridgehead atoms. The van der Waals surface area contributed by atoms with E-state index in [2.05, 4.69) is 6.92 Å². The molecular formula is C6H13NS. The Balaban J connectivity index is 3.12. The van der Waals surface area contributed by atoms with E-state index in [1.54, 1.807) is 11.8 Å². The lowest BCUT2D eigenvalue weighted by atomic mass is 10.6. The Morgan fingerprint density at radius 2 is 2.38 bits per heavy atom. The molecular weight excluding hydrogens is 118 g/mol. The van der Waals surface area contributed by atoms with Crippen molar-refractivity contribution in [2.75, 3.05) is 5.75 Å². The van der Waals surface area contributed by atoms with Gasteiger partial charge in [0.2, 0.25) is 0 Å². The van der Waals surface area contributed by atoms with Gasteiger partial charge in [0.25, 0.3) is 0 Å². The lowest BCUT2D eigenvalue weighted by Gasteiger charge is -1.94. The normalized spacial score (nSPS) is 12.0. The van der Waals surface area contributed by atoms with E-state index in [9.17, 15) is 0 Å². The number of rotatable bonds is 3. The van der Waals surface area contributed by atoms with E-state index in [1.807, 2.05) is 13.0 Å². The van der Waals surface area contributed by atoms with Gasteiger partial charge in [0.1, 0.15) is 0 Å². The fourth-order valence-corrected chi connectivity index (χ4v) is 0.910. The second-order valence-corrected chi connectivity index (χ2v) is 2.71. The Morgan fingerprint density at radius 3 is 2.75 bits per heavy atom. The molecule has 0 aliphatic rings. The molecule has 0 amide bonds. The van der Waals surface area contributed by atoms with E-state index in [4.69, 9.17) is 5.73 Å². The summed E-state index contributed by atoms with van der Waals surface area (Å²) in [6, 6.07) is 0. The van der Waals surface area contributed by atoms with Crippen LogP contribution in [0.25, 0.3) is 0 Å². The van der Waals surface area contributed by atoms with Crippen molar-refractivity contribution in [1.82, 2.24) is 0 Å². The van der Waals surface area contributed by atoms with Gasteiger partial charge in [-0.1, -0.05) is 13.0 Å². The Hall–Kier alpha value is -0.110. The van der Waals surface area contributed by atoms with Crippen molar-refractivity contribution in [3.63, 3.8) is 0 Å². The summed E-state index contributed by atoms with van der Waals surface area (Å²) < 4.78 is 0. The minimum atomic E-state index is 0.937. The maximum Gasteiger partial charge on any atom is 0.0611 e. The monoisotopic (exact) mass is 131 g/mol. The molecule has 0 aromatic carbocycles. The number of hydrogen-bond acceptors (Lipinski definition) is 2. The third kappa shape index (κ3) is 4.06.